The van der Waals surface area contributed by atoms with Crippen molar-refractivity contribution in [3.05, 3.63) is 30.3 Å². The Hall–Kier alpha value is -1.06. The van der Waals surface area contributed by atoms with Gasteiger partial charge in [-0.3, -0.25) is 4.79 Å². The fourth-order valence-corrected chi connectivity index (χ4v) is 3.08. The second kappa shape index (κ2) is 9.06. The Kier molecular flexibility index (Phi) is 7.76. The molecule has 118 valence electrons. The number of halogens is 1. The normalized spacial score (nSPS) is 16.9. The number of hydrogen-bond acceptors (Lipinski definition) is 2. The van der Waals surface area contributed by atoms with Crippen molar-refractivity contribution in [1.82, 2.24) is 5.32 Å². The number of anilines is 1. The van der Waals surface area contributed by atoms with E-state index in [1.807, 2.05) is 42.2 Å². The van der Waals surface area contributed by atoms with Crippen molar-refractivity contribution in [2.24, 2.45) is 11.8 Å². The van der Waals surface area contributed by atoms with Gasteiger partial charge in [-0.1, -0.05) is 25.1 Å². The number of hydrogen-bond donors (Lipinski definition) is 1. The number of carbonyl (C=O) groups is 1. The highest BCUT2D eigenvalue weighted by Gasteiger charge is 2.24. The third-order valence-corrected chi connectivity index (χ3v) is 4.37. The Morgan fingerprint density at radius 1 is 1.29 bits per heavy atom. The molecule has 3 nitrogen and oxygen atoms in total. The van der Waals surface area contributed by atoms with Gasteiger partial charge in [-0.05, 0) is 56.8 Å². The first-order chi connectivity index (χ1) is 9.72. The van der Waals surface area contributed by atoms with E-state index in [4.69, 9.17) is 0 Å². The first-order valence-corrected chi connectivity index (χ1v) is 7.78. The van der Waals surface area contributed by atoms with E-state index in [9.17, 15) is 4.79 Å². The molecule has 1 amide bonds. The fourth-order valence-electron chi connectivity index (χ4n) is 3.08. The van der Waals surface area contributed by atoms with Gasteiger partial charge in [-0.25, -0.2) is 0 Å². The summed E-state index contributed by atoms with van der Waals surface area (Å²) < 4.78 is 0. The third kappa shape index (κ3) is 5.01. The predicted molar refractivity (Wildman–Crippen MR) is 91.1 cm³/mol. The van der Waals surface area contributed by atoms with Gasteiger partial charge in [0.1, 0.15) is 0 Å². The summed E-state index contributed by atoms with van der Waals surface area (Å²) in [4.78, 5) is 14.4. The molecule has 1 aliphatic heterocycles. The molecule has 0 bridgehead atoms. The summed E-state index contributed by atoms with van der Waals surface area (Å²) in [6.45, 7) is 7.20. The Bertz CT molecular complexity index is 418. The average Bonchev–Trinajstić information content (AvgIpc) is 2.50. The van der Waals surface area contributed by atoms with Crippen LogP contribution in [0.15, 0.2) is 30.3 Å². The van der Waals surface area contributed by atoms with Crippen LogP contribution in [0.4, 0.5) is 5.69 Å². The maximum absolute atomic E-state index is 12.5. The lowest BCUT2D eigenvalue weighted by Gasteiger charge is -2.30. The predicted octanol–water partition coefficient (Wildman–Crippen LogP) is 3.49. The molecule has 1 saturated heterocycles. The molecule has 1 unspecified atom stereocenters. The molecule has 1 fully saturated rings. The van der Waals surface area contributed by atoms with Crippen LogP contribution >= 0.6 is 12.4 Å². The summed E-state index contributed by atoms with van der Waals surface area (Å²) in [5.41, 5.74) is 1.01. The zero-order valence-corrected chi connectivity index (χ0v) is 13.9. The molecule has 1 atom stereocenters. The van der Waals surface area contributed by atoms with Crippen LogP contribution in [-0.2, 0) is 4.79 Å². The Labute approximate surface area is 134 Å². The monoisotopic (exact) mass is 310 g/mol. The number of piperidine rings is 1. The summed E-state index contributed by atoms with van der Waals surface area (Å²) in [6.07, 6.45) is 3.06. The standard InChI is InChI=1S/C17H26N2O.ClH/c1-3-19(16-7-5-4-6-8-16)17(20)13-14(2)15-9-11-18-12-10-15;/h4-8,14-15,18H,3,9-13H2,1-2H3;1H. The third-order valence-electron chi connectivity index (χ3n) is 4.37. The van der Waals surface area contributed by atoms with Gasteiger partial charge in [0.05, 0.1) is 0 Å². The quantitative estimate of drug-likeness (QED) is 0.903. The number of benzene rings is 1. The van der Waals surface area contributed by atoms with E-state index >= 15 is 0 Å². The van der Waals surface area contributed by atoms with Crippen LogP contribution in [0.25, 0.3) is 0 Å². The average molecular weight is 311 g/mol. The van der Waals surface area contributed by atoms with Crippen molar-refractivity contribution in [3.8, 4) is 0 Å². The van der Waals surface area contributed by atoms with Crippen molar-refractivity contribution in [1.29, 1.82) is 0 Å². The molecule has 0 spiro atoms. The van der Waals surface area contributed by atoms with Crippen molar-refractivity contribution < 1.29 is 4.79 Å². The molecule has 1 N–H and O–H groups in total. The smallest absolute Gasteiger partial charge is 0.227 e. The lowest BCUT2D eigenvalue weighted by molar-refractivity contribution is -0.119. The van der Waals surface area contributed by atoms with Crippen molar-refractivity contribution in [2.75, 3.05) is 24.5 Å². The highest BCUT2D eigenvalue weighted by molar-refractivity contribution is 5.93. The first kappa shape index (κ1) is 18.0. The Morgan fingerprint density at radius 2 is 1.90 bits per heavy atom. The molecule has 1 aliphatic rings. The summed E-state index contributed by atoms with van der Waals surface area (Å²) in [5.74, 6) is 1.42. The van der Waals surface area contributed by atoms with Crippen LogP contribution in [0.1, 0.15) is 33.1 Å². The zero-order valence-electron chi connectivity index (χ0n) is 13.0. The minimum absolute atomic E-state index is 0. The van der Waals surface area contributed by atoms with Gasteiger partial charge < -0.3 is 10.2 Å². The second-order valence-electron chi connectivity index (χ2n) is 5.74. The lowest BCUT2D eigenvalue weighted by Crippen LogP contribution is -2.35. The number of para-hydroxylation sites is 1. The number of nitrogens with one attached hydrogen (secondary N) is 1. The van der Waals surface area contributed by atoms with Gasteiger partial charge in [-0.2, -0.15) is 0 Å². The molecular formula is C17H27ClN2O. The number of carbonyl (C=O) groups excluding carboxylic acids is 1. The molecule has 1 heterocycles. The summed E-state index contributed by atoms with van der Waals surface area (Å²) in [5, 5.41) is 3.39. The van der Waals surface area contributed by atoms with E-state index in [0.29, 0.717) is 18.3 Å². The van der Waals surface area contributed by atoms with Gasteiger partial charge in [0.2, 0.25) is 5.91 Å². The van der Waals surface area contributed by atoms with Gasteiger partial charge in [0, 0.05) is 18.7 Å². The number of rotatable bonds is 5. The molecule has 1 aromatic rings. The van der Waals surface area contributed by atoms with Crippen LogP contribution < -0.4 is 10.2 Å². The summed E-state index contributed by atoms with van der Waals surface area (Å²) >= 11 is 0. The molecule has 21 heavy (non-hydrogen) atoms. The van der Waals surface area contributed by atoms with E-state index in [1.165, 1.54) is 12.8 Å². The molecule has 1 aromatic carbocycles. The molecule has 0 radical (unpaired) electrons. The van der Waals surface area contributed by atoms with Crippen molar-refractivity contribution >= 4 is 24.0 Å². The Balaban J connectivity index is 0.00000220. The van der Waals surface area contributed by atoms with Crippen molar-refractivity contribution in [2.45, 2.75) is 33.1 Å². The van der Waals surface area contributed by atoms with Crippen LogP contribution in [0.2, 0.25) is 0 Å². The van der Waals surface area contributed by atoms with Gasteiger partial charge in [-0.15, -0.1) is 12.4 Å². The summed E-state index contributed by atoms with van der Waals surface area (Å²) in [6, 6.07) is 9.98. The lowest BCUT2D eigenvalue weighted by atomic mass is 9.84. The largest absolute Gasteiger partial charge is 0.317 e. The van der Waals surface area contributed by atoms with Gasteiger partial charge in [0.15, 0.2) is 0 Å². The van der Waals surface area contributed by atoms with E-state index < -0.39 is 0 Å². The van der Waals surface area contributed by atoms with Crippen LogP contribution in [-0.4, -0.2) is 25.5 Å². The van der Waals surface area contributed by atoms with E-state index in [1.54, 1.807) is 0 Å². The van der Waals surface area contributed by atoms with E-state index in [-0.39, 0.29) is 18.3 Å². The topological polar surface area (TPSA) is 32.3 Å². The molecule has 2 rings (SSSR count). The number of nitrogens with zero attached hydrogens (tertiary/aromatic N) is 1. The molecule has 0 saturated carbocycles. The molecule has 0 aromatic heterocycles. The molecule has 4 heteroatoms. The first-order valence-electron chi connectivity index (χ1n) is 7.78. The maximum Gasteiger partial charge on any atom is 0.227 e. The van der Waals surface area contributed by atoms with Crippen molar-refractivity contribution in [3.63, 3.8) is 0 Å². The summed E-state index contributed by atoms with van der Waals surface area (Å²) in [7, 11) is 0. The maximum atomic E-state index is 12.5. The highest BCUT2D eigenvalue weighted by atomic mass is 35.5. The number of amides is 1. The minimum Gasteiger partial charge on any atom is -0.317 e. The van der Waals surface area contributed by atoms with Gasteiger partial charge >= 0.3 is 0 Å². The minimum atomic E-state index is 0. The van der Waals surface area contributed by atoms with Crippen LogP contribution in [0.3, 0.4) is 0 Å². The second-order valence-corrected chi connectivity index (χ2v) is 5.74. The van der Waals surface area contributed by atoms with E-state index in [0.717, 1.165) is 25.3 Å². The highest BCUT2D eigenvalue weighted by Crippen LogP contribution is 2.26. The molecular weight excluding hydrogens is 284 g/mol. The zero-order chi connectivity index (χ0) is 14.4. The molecule has 0 aliphatic carbocycles. The van der Waals surface area contributed by atoms with Crippen LogP contribution in [0, 0.1) is 11.8 Å². The SMILES string of the molecule is CCN(C(=O)CC(C)C1CCNCC1)c1ccccc1.Cl. The van der Waals surface area contributed by atoms with E-state index in [2.05, 4.69) is 12.2 Å². The Morgan fingerprint density at radius 3 is 2.48 bits per heavy atom. The van der Waals surface area contributed by atoms with Crippen LogP contribution in [0.5, 0.6) is 0 Å². The fraction of sp³-hybridized carbons (Fsp3) is 0.588. The van der Waals surface area contributed by atoms with Gasteiger partial charge in [0.25, 0.3) is 0 Å².